The highest BCUT2D eigenvalue weighted by Gasteiger charge is 2.30. The molecule has 1 aliphatic rings. The lowest BCUT2D eigenvalue weighted by atomic mass is 9.97. The Bertz CT molecular complexity index is 929. The molecule has 2 heterocycles. The smallest absolute Gasteiger partial charge is 0.359 e. The van der Waals surface area contributed by atoms with Crippen molar-refractivity contribution in [3.63, 3.8) is 0 Å². The molecule has 6 nitrogen and oxygen atoms in total. The number of para-hydroxylation sites is 1. The second-order valence-electron chi connectivity index (χ2n) is 6.40. The van der Waals surface area contributed by atoms with Crippen LogP contribution in [0.3, 0.4) is 0 Å². The molecule has 1 saturated heterocycles. The summed E-state index contributed by atoms with van der Waals surface area (Å²) in [4.78, 5) is 18.6. The highest BCUT2D eigenvalue weighted by Crippen LogP contribution is 2.29. The zero-order chi connectivity index (χ0) is 18.6. The van der Waals surface area contributed by atoms with E-state index in [4.69, 9.17) is 9.26 Å². The number of piperidine rings is 1. The van der Waals surface area contributed by atoms with Crippen LogP contribution in [-0.2, 0) is 0 Å². The average Bonchev–Trinajstić information content (AvgIpc) is 3.17. The predicted octanol–water partition coefficient (Wildman–Crippen LogP) is 4.02. The van der Waals surface area contributed by atoms with Gasteiger partial charge in [0.2, 0.25) is 5.89 Å². The minimum absolute atomic E-state index is 0.0804. The number of amides is 1. The molecule has 7 heteroatoms. The summed E-state index contributed by atoms with van der Waals surface area (Å²) < 4.78 is 24.8. The molecule has 0 saturated carbocycles. The van der Waals surface area contributed by atoms with E-state index in [1.54, 1.807) is 29.2 Å². The van der Waals surface area contributed by atoms with Gasteiger partial charge in [0.25, 0.3) is 5.91 Å². The third-order valence-corrected chi connectivity index (χ3v) is 4.54. The lowest BCUT2D eigenvalue weighted by Gasteiger charge is -2.31. The second kappa shape index (κ2) is 7.57. The Kier molecular flexibility index (Phi) is 4.82. The Balaban J connectivity index is 1.46. The number of nitrogens with zero attached hydrogens (tertiary/aromatic N) is 3. The Hall–Kier alpha value is -3.22. The highest BCUT2D eigenvalue weighted by molar-refractivity contribution is 5.94. The van der Waals surface area contributed by atoms with Crippen molar-refractivity contribution < 1.29 is 18.4 Å². The highest BCUT2D eigenvalue weighted by atomic mass is 19.1. The molecule has 138 valence electrons. The number of halogens is 1. The largest absolute Gasteiger partial charge is 0.422 e. The summed E-state index contributed by atoms with van der Waals surface area (Å²) in [5, 5.41) is 3.86. The van der Waals surface area contributed by atoms with Crippen LogP contribution in [0.2, 0.25) is 0 Å². The normalized spacial score (nSPS) is 16.9. The third kappa shape index (κ3) is 3.81. The molecule has 1 aromatic heterocycles. The molecule has 1 atom stereocenters. The average molecular weight is 367 g/mol. The van der Waals surface area contributed by atoms with E-state index in [9.17, 15) is 9.18 Å². The Morgan fingerprint density at radius 1 is 1.15 bits per heavy atom. The summed E-state index contributed by atoms with van der Waals surface area (Å²) in [5.41, 5.74) is 0.0804. The molecule has 0 aliphatic carbocycles. The van der Waals surface area contributed by atoms with Crippen LogP contribution >= 0.6 is 0 Å². The number of hydrogen-bond donors (Lipinski definition) is 0. The zero-order valence-electron chi connectivity index (χ0n) is 14.5. The fourth-order valence-corrected chi connectivity index (χ4v) is 3.19. The van der Waals surface area contributed by atoms with Crippen LogP contribution in [0.4, 0.5) is 4.39 Å². The first-order valence-corrected chi connectivity index (χ1v) is 8.81. The van der Waals surface area contributed by atoms with E-state index in [1.165, 1.54) is 12.1 Å². The minimum Gasteiger partial charge on any atom is -0.422 e. The molecule has 2 aromatic carbocycles. The fraction of sp³-hybridized carbons (Fsp3) is 0.250. The molecule has 1 aliphatic heterocycles. The van der Waals surface area contributed by atoms with Gasteiger partial charge in [-0.1, -0.05) is 30.3 Å². The first-order chi connectivity index (χ1) is 13.2. The molecule has 1 unspecified atom stereocenters. The van der Waals surface area contributed by atoms with Crippen LogP contribution in [0, 0.1) is 5.82 Å². The van der Waals surface area contributed by atoms with Gasteiger partial charge in [-0.15, -0.1) is 0 Å². The van der Waals surface area contributed by atoms with Crippen molar-refractivity contribution in [3.05, 3.63) is 71.9 Å². The summed E-state index contributed by atoms with van der Waals surface area (Å²) in [7, 11) is 0. The summed E-state index contributed by atoms with van der Waals surface area (Å²) in [6, 6.07) is 15.3. The van der Waals surface area contributed by atoms with Gasteiger partial charge in [-0.05, 0) is 42.3 Å². The number of hydrogen-bond acceptors (Lipinski definition) is 5. The van der Waals surface area contributed by atoms with Crippen molar-refractivity contribution in [2.75, 3.05) is 13.1 Å². The first kappa shape index (κ1) is 17.2. The van der Waals surface area contributed by atoms with Crippen molar-refractivity contribution in [2.24, 2.45) is 0 Å². The summed E-state index contributed by atoms with van der Waals surface area (Å²) in [5.74, 6) is 0.103. The Morgan fingerprint density at radius 3 is 2.74 bits per heavy atom. The van der Waals surface area contributed by atoms with Gasteiger partial charge in [0.05, 0.1) is 11.5 Å². The van der Waals surface area contributed by atoms with Gasteiger partial charge in [-0.2, -0.15) is 4.98 Å². The fourth-order valence-electron chi connectivity index (χ4n) is 3.19. The van der Waals surface area contributed by atoms with Crippen molar-refractivity contribution in [3.8, 4) is 11.8 Å². The number of aromatic nitrogens is 2. The summed E-state index contributed by atoms with van der Waals surface area (Å²) in [6.45, 7) is 0.977. The molecule has 1 fully saturated rings. The molecule has 0 spiro atoms. The molecule has 4 rings (SSSR count). The van der Waals surface area contributed by atoms with Crippen LogP contribution in [0.1, 0.15) is 35.0 Å². The third-order valence-electron chi connectivity index (χ3n) is 4.54. The van der Waals surface area contributed by atoms with E-state index in [-0.39, 0.29) is 23.4 Å². The number of benzene rings is 2. The van der Waals surface area contributed by atoms with Crippen LogP contribution in [-0.4, -0.2) is 34.0 Å². The molecule has 3 aromatic rings. The lowest BCUT2D eigenvalue weighted by molar-refractivity contribution is 0.0691. The number of likely N-dealkylation sites (tertiary alicyclic amines) is 1. The van der Waals surface area contributed by atoms with Crippen LogP contribution in [0.5, 0.6) is 11.8 Å². The molecule has 27 heavy (non-hydrogen) atoms. The molecule has 0 radical (unpaired) electrons. The van der Waals surface area contributed by atoms with E-state index in [0.717, 1.165) is 12.8 Å². The maximum Gasteiger partial charge on any atom is 0.359 e. The van der Waals surface area contributed by atoms with Crippen LogP contribution < -0.4 is 4.74 Å². The number of carbonyl (C=O) groups excluding carboxylic acids is 1. The number of carbonyl (C=O) groups is 1. The summed E-state index contributed by atoms with van der Waals surface area (Å²) >= 11 is 0. The van der Waals surface area contributed by atoms with Gasteiger partial charge < -0.3 is 14.2 Å². The van der Waals surface area contributed by atoms with Gasteiger partial charge >= 0.3 is 6.01 Å². The summed E-state index contributed by atoms with van der Waals surface area (Å²) in [6.07, 6.45) is 1.59. The maximum atomic E-state index is 13.9. The topological polar surface area (TPSA) is 68.5 Å². The van der Waals surface area contributed by atoms with E-state index in [0.29, 0.717) is 24.7 Å². The first-order valence-electron chi connectivity index (χ1n) is 8.81. The van der Waals surface area contributed by atoms with Gasteiger partial charge in [-0.3, -0.25) is 4.79 Å². The molecular weight excluding hydrogens is 349 g/mol. The Morgan fingerprint density at radius 2 is 1.93 bits per heavy atom. The second-order valence-corrected chi connectivity index (χ2v) is 6.40. The van der Waals surface area contributed by atoms with Gasteiger partial charge in [0.15, 0.2) is 0 Å². The molecule has 1 amide bonds. The van der Waals surface area contributed by atoms with Gasteiger partial charge in [-0.25, -0.2) is 4.39 Å². The minimum atomic E-state index is -0.513. The van der Waals surface area contributed by atoms with Crippen LogP contribution in [0.15, 0.2) is 59.1 Å². The SMILES string of the molecule is O=C(c1ccccc1F)N1CCCC(c2nc(Oc3ccccc3)no2)C1. The van der Waals surface area contributed by atoms with Gasteiger partial charge in [0, 0.05) is 13.1 Å². The quantitative estimate of drug-likeness (QED) is 0.697. The van der Waals surface area contributed by atoms with Crippen molar-refractivity contribution in [1.29, 1.82) is 0 Å². The monoisotopic (exact) mass is 367 g/mol. The van der Waals surface area contributed by atoms with Gasteiger partial charge in [0.1, 0.15) is 11.6 Å². The standard InChI is InChI=1S/C20H18FN3O3/c21-17-11-5-4-10-16(17)19(25)24-12-6-7-14(13-24)18-22-20(23-27-18)26-15-8-2-1-3-9-15/h1-5,8-11,14H,6-7,12-13H2. The van der Waals surface area contributed by atoms with Crippen molar-refractivity contribution in [2.45, 2.75) is 18.8 Å². The number of rotatable bonds is 4. The van der Waals surface area contributed by atoms with E-state index in [2.05, 4.69) is 10.1 Å². The molecular formula is C20H18FN3O3. The lowest BCUT2D eigenvalue weighted by Crippen LogP contribution is -2.39. The van der Waals surface area contributed by atoms with Crippen molar-refractivity contribution in [1.82, 2.24) is 15.0 Å². The predicted molar refractivity (Wildman–Crippen MR) is 95.1 cm³/mol. The van der Waals surface area contributed by atoms with E-state index in [1.807, 2.05) is 18.2 Å². The van der Waals surface area contributed by atoms with Crippen LogP contribution in [0.25, 0.3) is 0 Å². The van der Waals surface area contributed by atoms with E-state index < -0.39 is 5.82 Å². The Labute approximate surface area is 155 Å². The van der Waals surface area contributed by atoms with Crippen molar-refractivity contribution >= 4 is 5.91 Å². The number of ether oxygens (including phenoxy) is 1. The van der Waals surface area contributed by atoms with E-state index >= 15 is 0 Å². The molecule has 0 bridgehead atoms. The zero-order valence-corrected chi connectivity index (χ0v) is 14.5. The maximum absolute atomic E-state index is 13.9. The molecule has 0 N–H and O–H groups in total.